The molecule has 1 heterocycles. The third-order valence-corrected chi connectivity index (χ3v) is 4.45. The summed E-state index contributed by atoms with van der Waals surface area (Å²) in [6, 6.07) is 1.23. The number of hydrogen-bond acceptors (Lipinski definition) is 3. The lowest BCUT2D eigenvalue weighted by Gasteiger charge is -2.17. The van der Waals surface area contributed by atoms with E-state index in [2.05, 4.69) is 29.4 Å². The summed E-state index contributed by atoms with van der Waals surface area (Å²) >= 11 is 0. The second-order valence-electron chi connectivity index (χ2n) is 6.09. The predicted molar refractivity (Wildman–Crippen MR) is 78.1 cm³/mol. The van der Waals surface area contributed by atoms with Crippen molar-refractivity contribution >= 4 is 5.91 Å². The molecule has 2 fully saturated rings. The van der Waals surface area contributed by atoms with Gasteiger partial charge in [0.25, 0.3) is 0 Å². The maximum Gasteiger partial charge on any atom is 0.234 e. The second-order valence-corrected chi connectivity index (χ2v) is 6.09. The van der Waals surface area contributed by atoms with Crippen LogP contribution in [0.15, 0.2) is 0 Å². The molecule has 1 saturated heterocycles. The summed E-state index contributed by atoms with van der Waals surface area (Å²) in [4.78, 5) is 14.4. The van der Waals surface area contributed by atoms with Crippen LogP contribution in [0.4, 0.5) is 0 Å². The van der Waals surface area contributed by atoms with Gasteiger partial charge in [-0.2, -0.15) is 0 Å². The average Bonchev–Trinajstić information content (AvgIpc) is 3.16. The Bertz CT molecular complexity index is 287. The largest absolute Gasteiger partial charge is 0.352 e. The van der Waals surface area contributed by atoms with Crippen LogP contribution in [0.3, 0.4) is 0 Å². The highest BCUT2D eigenvalue weighted by Crippen LogP contribution is 2.31. The number of likely N-dealkylation sites (tertiary alicyclic amines) is 1. The molecule has 0 aromatic heterocycles. The number of rotatable bonds is 8. The minimum atomic E-state index is 0.144. The minimum absolute atomic E-state index is 0.144. The van der Waals surface area contributed by atoms with E-state index in [0.29, 0.717) is 12.6 Å². The minimum Gasteiger partial charge on any atom is -0.352 e. The van der Waals surface area contributed by atoms with Crippen molar-refractivity contribution in [3.8, 4) is 0 Å². The van der Waals surface area contributed by atoms with E-state index < -0.39 is 0 Å². The van der Waals surface area contributed by atoms with Gasteiger partial charge < -0.3 is 15.5 Å². The molecule has 0 radical (unpaired) electrons. The Morgan fingerprint density at radius 1 is 1.26 bits per heavy atom. The molecule has 19 heavy (non-hydrogen) atoms. The van der Waals surface area contributed by atoms with E-state index in [-0.39, 0.29) is 5.91 Å². The third kappa shape index (κ3) is 4.77. The first-order chi connectivity index (χ1) is 9.22. The topological polar surface area (TPSA) is 44.4 Å². The van der Waals surface area contributed by atoms with Crippen molar-refractivity contribution in [3.05, 3.63) is 0 Å². The van der Waals surface area contributed by atoms with Crippen molar-refractivity contribution in [2.45, 2.75) is 58.0 Å². The van der Waals surface area contributed by atoms with Gasteiger partial charge in [-0.1, -0.05) is 13.8 Å². The molecule has 0 bridgehead atoms. The lowest BCUT2D eigenvalue weighted by molar-refractivity contribution is -0.121. The summed E-state index contributed by atoms with van der Waals surface area (Å²) in [6.07, 6.45) is 6.12. The Hall–Kier alpha value is -0.610. The van der Waals surface area contributed by atoms with Crippen molar-refractivity contribution in [2.24, 2.45) is 5.92 Å². The van der Waals surface area contributed by atoms with Gasteiger partial charge in [-0.15, -0.1) is 0 Å². The SMILES string of the molecule is CCC(CC)NC(=O)CNCC1CCN(C2CC2)C1. The molecule has 110 valence electrons. The van der Waals surface area contributed by atoms with Crippen molar-refractivity contribution in [3.63, 3.8) is 0 Å². The zero-order valence-corrected chi connectivity index (χ0v) is 12.5. The fourth-order valence-corrected chi connectivity index (χ4v) is 2.96. The van der Waals surface area contributed by atoms with Gasteiger partial charge in [0.05, 0.1) is 6.54 Å². The van der Waals surface area contributed by atoms with Gasteiger partial charge in [0, 0.05) is 18.6 Å². The molecule has 1 atom stereocenters. The number of hydrogen-bond donors (Lipinski definition) is 2. The molecule has 1 unspecified atom stereocenters. The Labute approximate surface area is 117 Å². The van der Waals surface area contributed by atoms with Gasteiger partial charge in [-0.25, -0.2) is 0 Å². The second kappa shape index (κ2) is 7.25. The molecular formula is C15H29N3O. The molecular weight excluding hydrogens is 238 g/mol. The first-order valence-corrected chi connectivity index (χ1v) is 7.97. The van der Waals surface area contributed by atoms with Crippen LogP contribution >= 0.6 is 0 Å². The number of nitrogens with zero attached hydrogens (tertiary/aromatic N) is 1. The van der Waals surface area contributed by atoms with Crippen LogP contribution in [0.2, 0.25) is 0 Å². The molecule has 2 rings (SSSR count). The number of nitrogens with one attached hydrogen (secondary N) is 2. The van der Waals surface area contributed by atoms with E-state index in [0.717, 1.165) is 31.3 Å². The van der Waals surface area contributed by atoms with Crippen LogP contribution in [0, 0.1) is 5.92 Å². The van der Waals surface area contributed by atoms with E-state index in [4.69, 9.17) is 0 Å². The molecule has 4 heteroatoms. The van der Waals surface area contributed by atoms with Gasteiger partial charge in [-0.3, -0.25) is 4.79 Å². The van der Waals surface area contributed by atoms with E-state index in [1.165, 1.54) is 32.4 Å². The fourth-order valence-electron chi connectivity index (χ4n) is 2.96. The maximum absolute atomic E-state index is 11.7. The summed E-state index contributed by atoms with van der Waals surface area (Å²) < 4.78 is 0. The van der Waals surface area contributed by atoms with Crippen molar-refractivity contribution in [2.75, 3.05) is 26.2 Å². The highest BCUT2D eigenvalue weighted by atomic mass is 16.1. The van der Waals surface area contributed by atoms with Crippen LogP contribution in [0.1, 0.15) is 46.0 Å². The first-order valence-electron chi connectivity index (χ1n) is 7.97. The molecule has 2 aliphatic rings. The van der Waals surface area contributed by atoms with Gasteiger partial charge in [0.2, 0.25) is 5.91 Å². The summed E-state index contributed by atoms with van der Waals surface area (Å²) in [5.41, 5.74) is 0. The van der Waals surface area contributed by atoms with Crippen molar-refractivity contribution < 1.29 is 4.79 Å². The molecule has 2 N–H and O–H groups in total. The Morgan fingerprint density at radius 2 is 2.00 bits per heavy atom. The molecule has 0 spiro atoms. The van der Waals surface area contributed by atoms with Crippen LogP contribution in [-0.4, -0.2) is 49.1 Å². The summed E-state index contributed by atoms with van der Waals surface area (Å²) in [5.74, 6) is 0.882. The van der Waals surface area contributed by atoms with Crippen LogP contribution in [0.25, 0.3) is 0 Å². The zero-order valence-electron chi connectivity index (χ0n) is 12.5. The molecule has 1 saturated carbocycles. The summed E-state index contributed by atoms with van der Waals surface area (Å²) in [7, 11) is 0. The molecule has 1 amide bonds. The first kappa shape index (κ1) is 14.8. The smallest absolute Gasteiger partial charge is 0.234 e. The van der Waals surface area contributed by atoms with E-state index in [9.17, 15) is 4.79 Å². The third-order valence-electron chi connectivity index (χ3n) is 4.45. The van der Waals surface area contributed by atoms with Gasteiger partial charge in [0.1, 0.15) is 0 Å². The summed E-state index contributed by atoms with van der Waals surface area (Å²) in [6.45, 7) is 8.18. The summed E-state index contributed by atoms with van der Waals surface area (Å²) in [5, 5.41) is 6.39. The van der Waals surface area contributed by atoms with E-state index in [1.807, 2.05) is 0 Å². The zero-order chi connectivity index (χ0) is 13.7. The Balaban J connectivity index is 1.55. The Kier molecular flexibility index (Phi) is 5.64. The predicted octanol–water partition coefficient (Wildman–Crippen LogP) is 1.37. The van der Waals surface area contributed by atoms with Crippen LogP contribution < -0.4 is 10.6 Å². The monoisotopic (exact) mass is 267 g/mol. The van der Waals surface area contributed by atoms with Gasteiger partial charge in [-0.05, 0) is 51.1 Å². The normalized spacial score (nSPS) is 24.1. The lowest BCUT2D eigenvalue weighted by atomic mass is 10.1. The molecule has 0 aromatic carbocycles. The standard InChI is InChI=1S/C15H29N3O/c1-3-13(4-2)17-15(19)10-16-9-12-7-8-18(11-12)14-5-6-14/h12-14,16H,3-11H2,1-2H3,(H,17,19). The molecule has 1 aliphatic heterocycles. The van der Waals surface area contributed by atoms with Crippen molar-refractivity contribution in [1.82, 2.24) is 15.5 Å². The average molecular weight is 267 g/mol. The van der Waals surface area contributed by atoms with Crippen LogP contribution in [0.5, 0.6) is 0 Å². The highest BCUT2D eigenvalue weighted by molar-refractivity contribution is 5.78. The van der Waals surface area contributed by atoms with Crippen LogP contribution in [-0.2, 0) is 4.79 Å². The Morgan fingerprint density at radius 3 is 2.63 bits per heavy atom. The fraction of sp³-hybridized carbons (Fsp3) is 0.933. The number of amides is 1. The maximum atomic E-state index is 11.7. The quantitative estimate of drug-likeness (QED) is 0.698. The van der Waals surface area contributed by atoms with Gasteiger partial charge in [0.15, 0.2) is 0 Å². The van der Waals surface area contributed by atoms with E-state index in [1.54, 1.807) is 0 Å². The number of carbonyl (C=O) groups is 1. The molecule has 0 aromatic rings. The van der Waals surface area contributed by atoms with Gasteiger partial charge >= 0.3 is 0 Å². The van der Waals surface area contributed by atoms with E-state index >= 15 is 0 Å². The van der Waals surface area contributed by atoms with Crippen molar-refractivity contribution in [1.29, 1.82) is 0 Å². The molecule has 1 aliphatic carbocycles. The highest BCUT2D eigenvalue weighted by Gasteiger charge is 2.34. The molecule has 4 nitrogen and oxygen atoms in total. The lowest BCUT2D eigenvalue weighted by Crippen LogP contribution is -2.41. The number of carbonyl (C=O) groups excluding carboxylic acids is 1.